The largest absolute Gasteiger partial charge is 0.395 e. The Labute approximate surface area is 137 Å². The predicted molar refractivity (Wildman–Crippen MR) is 89.1 cm³/mol. The maximum Gasteiger partial charge on any atom is 0.317 e. The van der Waals surface area contributed by atoms with Crippen molar-refractivity contribution in [1.82, 2.24) is 10.2 Å². The zero-order chi connectivity index (χ0) is 16.2. The Morgan fingerprint density at radius 3 is 2.77 bits per heavy atom. The molecule has 0 saturated heterocycles. The van der Waals surface area contributed by atoms with Crippen LogP contribution >= 0.6 is 11.6 Å². The van der Waals surface area contributed by atoms with Crippen LogP contribution in [0.4, 0.5) is 4.79 Å². The minimum atomic E-state index is -0.0734. The minimum Gasteiger partial charge on any atom is -0.395 e. The second-order valence-corrected chi connectivity index (χ2v) is 7.21. The molecule has 1 aromatic carbocycles. The van der Waals surface area contributed by atoms with Crippen LogP contribution in [0.1, 0.15) is 32.3 Å². The second kappa shape index (κ2) is 7.34. The molecule has 0 unspecified atom stereocenters. The average Bonchev–Trinajstić information content (AvgIpc) is 3.26. The van der Waals surface area contributed by atoms with Crippen molar-refractivity contribution >= 4 is 17.6 Å². The molecule has 1 aliphatic carbocycles. The normalized spacial score (nSPS) is 14.7. The third-order valence-electron chi connectivity index (χ3n) is 3.88. The molecule has 0 aliphatic heterocycles. The van der Waals surface area contributed by atoms with Gasteiger partial charge in [-0.25, -0.2) is 4.79 Å². The van der Waals surface area contributed by atoms with E-state index in [9.17, 15) is 4.79 Å². The maximum absolute atomic E-state index is 12.3. The summed E-state index contributed by atoms with van der Waals surface area (Å²) in [6, 6.07) is 8.06. The lowest BCUT2D eigenvalue weighted by molar-refractivity contribution is 0.169. The van der Waals surface area contributed by atoms with Gasteiger partial charge < -0.3 is 15.3 Å². The summed E-state index contributed by atoms with van der Waals surface area (Å²) in [4.78, 5) is 14.0. The van der Waals surface area contributed by atoms with Crippen LogP contribution in [-0.4, -0.2) is 41.8 Å². The highest BCUT2D eigenvalue weighted by Gasteiger charge is 2.32. The van der Waals surface area contributed by atoms with Gasteiger partial charge in [0.1, 0.15) is 0 Å². The molecule has 0 heterocycles. The van der Waals surface area contributed by atoms with Crippen molar-refractivity contribution in [3.8, 4) is 0 Å². The Morgan fingerprint density at radius 2 is 2.18 bits per heavy atom. The lowest BCUT2D eigenvalue weighted by atomic mass is 9.86. The summed E-state index contributed by atoms with van der Waals surface area (Å²) in [5.41, 5.74) is 1.11. The molecule has 122 valence electrons. The molecule has 1 aliphatic rings. The molecule has 2 rings (SSSR count). The summed E-state index contributed by atoms with van der Waals surface area (Å²) in [6.07, 6.45) is 2.93. The lowest BCUT2D eigenvalue weighted by Gasteiger charge is -2.28. The summed E-state index contributed by atoms with van der Waals surface area (Å²) in [7, 11) is 0. The first-order valence-electron chi connectivity index (χ1n) is 7.81. The van der Waals surface area contributed by atoms with Crippen LogP contribution in [0.2, 0.25) is 5.02 Å². The van der Waals surface area contributed by atoms with Crippen molar-refractivity contribution in [3.63, 3.8) is 0 Å². The Morgan fingerprint density at radius 1 is 1.45 bits per heavy atom. The summed E-state index contributed by atoms with van der Waals surface area (Å²) >= 11 is 6.02. The molecule has 0 atom stereocenters. The van der Waals surface area contributed by atoms with Gasteiger partial charge in [-0.15, -0.1) is 0 Å². The third-order valence-corrected chi connectivity index (χ3v) is 4.11. The molecular weight excluding hydrogens is 300 g/mol. The summed E-state index contributed by atoms with van der Waals surface area (Å²) in [6.45, 7) is 5.26. The number of aliphatic hydroxyl groups is 1. The van der Waals surface area contributed by atoms with Crippen LogP contribution < -0.4 is 5.32 Å². The number of halogens is 1. The lowest BCUT2D eigenvalue weighted by Crippen LogP contribution is -2.46. The number of aliphatic hydroxyl groups excluding tert-OH is 1. The van der Waals surface area contributed by atoms with Crippen molar-refractivity contribution < 1.29 is 9.90 Å². The number of rotatable bonds is 7. The van der Waals surface area contributed by atoms with Gasteiger partial charge in [0.2, 0.25) is 0 Å². The maximum atomic E-state index is 12.3. The number of urea groups is 1. The van der Waals surface area contributed by atoms with Gasteiger partial charge in [0.15, 0.2) is 0 Å². The average molecular weight is 325 g/mol. The number of carbonyl (C=O) groups excluding carboxylic acids is 1. The quantitative estimate of drug-likeness (QED) is 0.810. The van der Waals surface area contributed by atoms with E-state index >= 15 is 0 Å². The smallest absolute Gasteiger partial charge is 0.317 e. The standard InChI is InChI=1S/C17H25ClN2O2/c1-17(2,11-13-4-3-5-14(18)10-13)12-19-16(22)20(8-9-21)15-6-7-15/h3-5,10,15,21H,6-9,11-12H2,1-2H3,(H,19,22). The van der Waals surface area contributed by atoms with Crippen LogP contribution in [-0.2, 0) is 6.42 Å². The van der Waals surface area contributed by atoms with E-state index in [0.717, 1.165) is 24.3 Å². The van der Waals surface area contributed by atoms with Crippen molar-refractivity contribution in [3.05, 3.63) is 34.9 Å². The van der Waals surface area contributed by atoms with E-state index in [1.165, 1.54) is 5.56 Å². The van der Waals surface area contributed by atoms with E-state index in [1.54, 1.807) is 4.90 Å². The fourth-order valence-corrected chi connectivity index (χ4v) is 2.84. The molecule has 0 aromatic heterocycles. The van der Waals surface area contributed by atoms with Crippen molar-refractivity contribution in [2.75, 3.05) is 19.7 Å². The van der Waals surface area contributed by atoms with Crippen LogP contribution in [0.5, 0.6) is 0 Å². The number of amides is 2. The van der Waals surface area contributed by atoms with Gasteiger partial charge in [0.05, 0.1) is 6.61 Å². The fraction of sp³-hybridized carbons (Fsp3) is 0.588. The van der Waals surface area contributed by atoms with Crippen LogP contribution in [0, 0.1) is 5.41 Å². The van der Waals surface area contributed by atoms with Crippen molar-refractivity contribution in [2.24, 2.45) is 5.41 Å². The zero-order valence-electron chi connectivity index (χ0n) is 13.3. The molecule has 1 fully saturated rings. The van der Waals surface area contributed by atoms with E-state index in [0.29, 0.717) is 19.1 Å². The molecule has 0 bridgehead atoms. The number of hydrogen-bond donors (Lipinski definition) is 2. The first kappa shape index (κ1) is 17.1. The topological polar surface area (TPSA) is 52.6 Å². The van der Waals surface area contributed by atoms with Gasteiger partial charge >= 0.3 is 6.03 Å². The van der Waals surface area contributed by atoms with E-state index in [-0.39, 0.29) is 18.1 Å². The Bertz CT molecular complexity index is 515. The minimum absolute atomic E-state index is 0.00975. The molecule has 5 heteroatoms. The Kier molecular flexibility index (Phi) is 5.70. The SMILES string of the molecule is CC(C)(CNC(=O)N(CCO)C1CC1)Cc1cccc(Cl)c1. The highest BCUT2D eigenvalue weighted by atomic mass is 35.5. The van der Waals surface area contributed by atoms with Gasteiger partial charge in [0, 0.05) is 24.2 Å². The molecule has 0 radical (unpaired) electrons. The van der Waals surface area contributed by atoms with Gasteiger partial charge in [-0.05, 0) is 42.4 Å². The molecule has 1 saturated carbocycles. The summed E-state index contributed by atoms with van der Waals surface area (Å²) in [5.74, 6) is 0. The molecule has 4 nitrogen and oxygen atoms in total. The van der Waals surface area contributed by atoms with Gasteiger partial charge in [0.25, 0.3) is 0 Å². The van der Waals surface area contributed by atoms with Crippen molar-refractivity contribution in [2.45, 2.75) is 39.2 Å². The molecule has 22 heavy (non-hydrogen) atoms. The molecular formula is C17H25ClN2O2. The monoisotopic (exact) mass is 324 g/mol. The van der Waals surface area contributed by atoms with Crippen LogP contribution in [0.3, 0.4) is 0 Å². The predicted octanol–water partition coefficient (Wildman–Crippen LogP) is 3.08. The second-order valence-electron chi connectivity index (χ2n) is 6.78. The number of carbonyl (C=O) groups is 1. The van der Waals surface area contributed by atoms with Gasteiger partial charge in [-0.2, -0.15) is 0 Å². The van der Waals surface area contributed by atoms with E-state index in [2.05, 4.69) is 25.2 Å². The number of nitrogens with one attached hydrogen (secondary N) is 1. The van der Waals surface area contributed by atoms with Crippen molar-refractivity contribution in [1.29, 1.82) is 0 Å². The van der Waals surface area contributed by atoms with E-state index < -0.39 is 0 Å². The zero-order valence-corrected chi connectivity index (χ0v) is 14.1. The van der Waals surface area contributed by atoms with Crippen LogP contribution in [0.25, 0.3) is 0 Å². The van der Waals surface area contributed by atoms with E-state index in [4.69, 9.17) is 16.7 Å². The van der Waals surface area contributed by atoms with Gasteiger partial charge in [-0.3, -0.25) is 0 Å². The molecule has 1 aromatic rings. The summed E-state index contributed by atoms with van der Waals surface area (Å²) in [5, 5.41) is 12.8. The third kappa shape index (κ3) is 5.18. The van der Waals surface area contributed by atoms with E-state index in [1.807, 2.05) is 18.2 Å². The highest BCUT2D eigenvalue weighted by molar-refractivity contribution is 6.30. The van der Waals surface area contributed by atoms with Gasteiger partial charge in [-0.1, -0.05) is 37.6 Å². The fourth-order valence-electron chi connectivity index (χ4n) is 2.62. The number of benzene rings is 1. The molecule has 2 amide bonds. The number of nitrogens with zero attached hydrogens (tertiary/aromatic N) is 1. The Balaban J connectivity index is 1.87. The highest BCUT2D eigenvalue weighted by Crippen LogP contribution is 2.27. The molecule has 0 spiro atoms. The number of hydrogen-bond acceptors (Lipinski definition) is 2. The Hall–Kier alpha value is -1.26. The first-order chi connectivity index (χ1) is 10.4. The molecule has 2 N–H and O–H groups in total. The summed E-state index contributed by atoms with van der Waals surface area (Å²) < 4.78 is 0. The first-order valence-corrected chi connectivity index (χ1v) is 8.19. The van der Waals surface area contributed by atoms with Crippen LogP contribution in [0.15, 0.2) is 24.3 Å².